The minimum atomic E-state index is -0.410. The summed E-state index contributed by atoms with van der Waals surface area (Å²) in [5.41, 5.74) is 4.82. The lowest BCUT2D eigenvalue weighted by Crippen LogP contribution is -2.27. The molecule has 0 heterocycles. The summed E-state index contributed by atoms with van der Waals surface area (Å²) < 4.78 is 55.7. The van der Waals surface area contributed by atoms with Crippen LogP contribution in [0.1, 0.15) is 114 Å². The molecule has 0 fully saturated rings. The number of hydrogen-bond donors (Lipinski definition) is 1. The molecule has 0 aromatic heterocycles. The van der Waals surface area contributed by atoms with E-state index < -0.39 is 6.09 Å². The van der Waals surface area contributed by atoms with Crippen LogP contribution in [-0.4, -0.2) is 138 Å². The second-order valence-electron chi connectivity index (χ2n) is 15.4. The molecule has 2 aromatic carbocycles. The second kappa shape index (κ2) is 39.0. The van der Waals surface area contributed by atoms with Crippen LogP contribution in [0.5, 0.6) is 0 Å². The zero-order valence-corrected chi connectivity index (χ0v) is 37.7. The van der Waals surface area contributed by atoms with Crippen molar-refractivity contribution < 1.29 is 52.2 Å². The van der Waals surface area contributed by atoms with Crippen molar-refractivity contribution in [1.82, 2.24) is 5.32 Å². The van der Waals surface area contributed by atoms with Crippen LogP contribution < -0.4 is 5.32 Å². The van der Waals surface area contributed by atoms with E-state index in [0.717, 1.165) is 13.0 Å². The predicted octanol–water partition coefficient (Wildman–Crippen LogP) is 9.16. The summed E-state index contributed by atoms with van der Waals surface area (Å²) in [6.07, 6.45) is 18.0. The molecule has 0 unspecified atom stereocenters. The summed E-state index contributed by atoms with van der Waals surface area (Å²) in [7, 11) is 0. The van der Waals surface area contributed by atoms with Gasteiger partial charge in [-0.3, -0.25) is 0 Å². The van der Waals surface area contributed by atoms with E-state index in [1.165, 1.54) is 99.3 Å². The first-order valence-electron chi connectivity index (χ1n) is 23.6. The van der Waals surface area contributed by atoms with Gasteiger partial charge in [0.05, 0.1) is 106 Å². The van der Waals surface area contributed by atoms with Gasteiger partial charge in [0.2, 0.25) is 0 Å². The van der Waals surface area contributed by atoms with Gasteiger partial charge >= 0.3 is 6.09 Å². The number of hydrogen-bond acceptors (Lipinski definition) is 11. The smallest absolute Gasteiger partial charge is 0.407 e. The monoisotopic (exact) mass is 860 g/mol. The van der Waals surface area contributed by atoms with Crippen LogP contribution in [0.25, 0.3) is 11.1 Å². The van der Waals surface area contributed by atoms with E-state index in [-0.39, 0.29) is 5.92 Å². The number of carbonyl (C=O) groups is 1. The Balaban J connectivity index is 0.915. The van der Waals surface area contributed by atoms with E-state index in [2.05, 4.69) is 36.5 Å². The topological polar surface area (TPSA) is 121 Å². The minimum Gasteiger partial charge on any atom is -0.449 e. The first-order valence-corrected chi connectivity index (χ1v) is 23.6. The predicted molar refractivity (Wildman–Crippen MR) is 241 cm³/mol. The molecule has 1 aliphatic rings. The van der Waals surface area contributed by atoms with Crippen LogP contribution in [0.4, 0.5) is 4.79 Å². The molecule has 1 aliphatic carbocycles. The molecule has 61 heavy (non-hydrogen) atoms. The normalized spacial score (nSPS) is 12.2. The van der Waals surface area contributed by atoms with Crippen LogP contribution in [-0.2, 0) is 47.4 Å². The van der Waals surface area contributed by atoms with Crippen LogP contribution in [0, 0.1) is 0 Å². The van der Waals surface area contributed by atoms with Gasteiger partial charge in [-0.25, -0.2) is 4.79 Å². The average Bonchev–Trinajstić information content (AvgIpc) is 3.60. The number of amides is 1. The van der Waals surface area contributed by atoms with E-state index in [4.69, 9.17) is 47.4 Å². The highest BCUT2D eigenvalue weighted by Crippen LogP contribution is 2.44. The highest BCUT2D eigenvalue weighted by atomic mass is 16.6. The molecule has 12 heteroatoms. The highest BCUT2D eigenvalue weighted by Gasteiger charge is 2.29. The summed E-state index contributed by atoms with van der Waals surface area (Å²) in [6, 6.07) is 16.6. The summed E-state index contributed by atoms with van der Waals surface area (Å²) in [5, 5.41) is 2.81. The maximum absolute atomic E-state index is 12.3. The lowest BCUT2D eigenvalue weighted by atomic mass is 9.98. The third-order valence-corrected chi connectivity index (χ3v) is 10.4. The van der Waals surface area contributed by atoms with Crippen LogP contribution in [0.3, 0.4) is 0 Å². The number of carbonyl (C=O) groups excluding carboxylic acids is 1. The Bertz CT molecular complexity index is 1260. The summed E-state index contributed by atoms with van der Waals surface area (Å²) >= 11 is 0. The molecule has 1 N–H and O–H groups in total. The Hall–Kier alpha value is -2.65. The van der Waals surface area contributed by atoms with Gasteiger partial charge in [-0.1, -0.05) is 133 Å². The molecule has 348 valence electrons. The largest absolute Gasteiger partial charge is 0.449 e. The van der Waals surface area contributed by atoms with Crippen molar-refractivity contribution in [3.05, 3.63) is 59.7 Å². The number of ether oxygens (including phenoxy) is 10. The van der Waals surface area contributed by atoms with Crippen molar-refractivity contribution in [3.63, 3.8) is 0 Å². The van der Waals surface area contributed by atoms with Crippen molar-refractivity contribution in [2.75, 3.05) is 132 Å². The zero-order valence-electron chi connectivity index (χ0n) is 37.7. The quantitative estimate of drug-likeness (QED) is 0.0643. The number of unbranched alkanes of at least 4 members (excludes halogenated alkanes) is 12. The number of rotatable bonds is 44. The molecule has 2 aromatic rings. The molecule has 1 amide bonds. The third-order valence-electron chi connectivity index (χ3n) is 10.4. The number of alkyl carbamates (subject to hydrolysis) is 1. The molecule has 0 radical (unpaired) electrons. The third kappa shape index (κ3) is 27.2. The van der Waals surface area contributed by atoms with Crippen LogP contribution in [0.2, 0.25) is 0 Å². The standard InChI is InChI=1S/C49H81NO11/c1-2-3-4-5-6-7-8-9-10-11-12-13-18-25-52-27-29-54-31-33-56-35-37-58-39-41-60-42-40-59-38-36-57-34-32-55-30-28-53-26-19-24-50-49(51)61-43-48-46-22-16-14-20-44(46)45-21-15-17-23-47(45)48/h14-17,20-23,48H,2-13,18-19,24-43H2,1H3,(H,50,51). The Labute approximate surface area is 368 Å². The Morgan fingerprint density at radius 3 is 1.10 bits per heavy atom. The fourth-order valence-corrected chi connectivity index (χ4v) is 7.10. The van der Waals surface area contributed by atoms with Gasteiger partial charge in [0, 0.05) is 25.7 Å². The summed E-state index contributed by atoms with van der Waals surface area (Å²) in [4.78, 5) is 12.3. The number of nitrogens with one attached hydrogen (secondary N) is 1. The molecule has 0 bridgehead atoms. The zero-order chi connectivity index (χ0) is 42.9. The van der Waals surface area contributed by atoms with Gasteiger partial charge < -0.3 is 52.7 Å². The fourth-order valence-electron chi connectivity index (χ4n) is 7.10. The molecule has 0 spiro atoms. The van der Waals surface area contributed by atoms with E-state index >= 15 is 0 Å². The Morgan fingerprint density at radius 1 is 0.410 bits per heavy atom. The minimum absolute atomic E-state index is 0.0524. The van der Waals surface area contributed by atoms with Crippen molar-refractivity contribution in [3.8, 4) is 11.1 Å². The van der Waals surface area contributed by atoms with Gasteiger partial charge in [0.1, 0.15) is 6.61 Å². The van der Waals surface area contributed by atoms with E-state index in [1.54, 1.807) is 0 Å². The van der Waals surface area contributed by atoms with E-state index in [9.17, 15) is 4.79 Å². The lowest BCUT2D eigenvalue weighted by molar-refractivity contribution is -0.0250. The molecule has 0 saturated carbocycles. The maximum Gasteiger partial charge on any atom is 0.407 e. The van der Waals surface area contributed by atoms with Gasteiger partial charge in [-0.2, -0.15) is 0 Å². The van der Waals surface area contributed by atoms with Crippen LogP contribution >= 0.6 is 0 Å². The number of benzene rings is 2. The first kappa shape index (κ1) is 52.7. The van der Waals surface area contributed by atoms with Crippen molar-refractivity contribution in [2.24, 2.45) is 0 Å². The Morgan fingerprint density at radius 2 is 0.721 bits per heavy atom. The molecule has 0 aliphatic heterocycles. The molecule has 0 saturated heterocycles. The molecule has 3 rings (SSSR count). The first-order chi connectivity index (χ1) is 30.3. The SMILES string of the molecule is CCCCCCCCCCCCCCCOCCOCCOCCOCCOCCOCCOCCOCCOCCCNC(=O)OCC1c2ccccc2-c2ccccc21. The highest BCUT2D eigenvalue weighted by molar-refractivity contribution is 5.79. The molecule has 12 nitrogen and oxygen atoms in total. The maximum atomic E-state index is 12.3. The summed E-state index contributed by atoms with van der Waals surface area (Å²) in [6.45, 7) is 12.9. The molecular weight excluding hydrogens is 779 g/mol. The Kier molecular flexibility index (Phi) is 33.7. The molecule has 0 atom stereocenters. The average molecular weight is 860 g/mol. The van der Waals surface area contributed by atoms with Crippen molar-refractivity contribution in [1.29, 1.82) is 0 Å². The van der Waals surface area contributed by atoms with Gasteiger partial charge in [0.15, 0.2) is 0 Å². The van der Waals surface area contributed by atoms with E-state index in [1.807, 2.05) is 24.3 Å². The van der Waals surface area contributed by atoms with Crippen molar-refractivity contribution >= 4 is 6.09 Å². The van der Waals surface area contributed by atoms with E-state index in [0.29, 0.717) is 132 Å². The van der Waals surface area contributed by atoms with Gasteiger partial charge in [0.25, 0.3) is 0 Å². The van der Waals surface area contributed by atoms with Gasteiger partial charge in [-0.05, 0) is 35.1 Å². The van der Waals surface area contributed by atoms with Gasteiger partial charge in [-0.15, -0.1) is 0 Å². The van der Waals surface area contributed by atoms with Crippen molar-refractivity contribution in [2.45, 2.75) is 103 Å². The lowest BCUT2D eigenvalue weighted by Gasteiger charge is -2.14. The number of fused-ring (bicyclic) bond motifs is 3. The second-order valence-corrected chi connectivity index (χ2v) is 15.4. The molecular formula is C49H81NO11. The summed E-state index contributed by atoms with van der Waals surface area (Å²) in [5.74, 6) is 0.0524. The van der Waals surface area contributed by atoms with Crippen LogP contribution in [0.15, 0.2) is 48.5 Å². The fraction of sp³-hybridized carbons (Fsp3) is 0.735.